The quantitative estimate of drug-likeness (QED) is 0.165. The second-order valence-corrected chi connectivity index (χ2v) is 6.69. The predicted octanol–water partition coefficient (Wildman–Crippen LogP) is 7.33. The van der Waals surface area contributed by atoms with Gasteiger partial charge in [0.25, 0.3) is 0 Å². The van der Waals surface area contributed by atoms with Gasteiger partial charge in [-0.1, -0.05) is 76.9 Å². The minimum atomic E-state index is 0.888. The van der Waals surface area contributed by atoms with Crippen LogP contribution in [0.15, 0.2) is 24.0 Å². The normalized spacial score (nSPS) is 15.6. The summed E-state index contributed by atoms with van der Waals surface area (Å²) in [7, 11) is 0. The lowest BCUT2D eigenvalue weighted by Gasteiger charge is -2.01. The molecule has 0 aliphatic carbocycles. The van der Waals surface area contributed by atoms with E-state index in [9.17, 15) is 0 Å². The minimum Gasteiger partial charge on any atom is -0.487 e. The summed E-state index contributed by atoms with van der Waals surface area (Å²) in [5.74, 6) is 1.21. The first-order chi connectivity index (χ1) is 10.9. The van der Waals surface area contributed by atoms with Crippen molar-refractivity contribution in [1.82, 2.24) is 0 Å². The number of hydrogen-bond acceptors (Lipinski definition) is 1. The lowest BCUT2D eigenvalue weighted by Crippen LogP contribution is -1.81. The van der Waals surface area contributed by atoms with Gasteiger partial charge in [-0.15, -0.1) is 0 Å². The van der Waals surface area contributed by atoms with Crippen LogP contribution in [0.25, 0.3) is 0 Å². The van der Waals surface area contributed by atoms with Crippen LogP contribution in [0.1, 0.15) is 103 Å². The third-order valence-electron chi connectivity index (χ3n) is 4.40. The lowest BCUT2D eigenvalue weighted by atomic mass is 10.1. The molecule has 0 bridgehead atoms. The second-order valence-electron chi connectivity index (χ2n) is 6.69. The maximum absolute atomic E-state index is 5.08. The highest BCUT2D eigenvalue weighted by atomic mass is 16.6. The zero-order chi connectivity index (χ0) is 15.7. The van der Waals surface area contributed by atoms with E-state index in [1.165, 1.54) is 102 Å². The summed E-state index contributed by atoms with van der Waals surface area (Å²) in [5, 5.41) is 0. The molecule has 0 N–H and O–H groups in total. The van der Waals surface area contributed by atoms with E-state index in [2.05, 4.69) is 25.2 Å². The smallest absolute Gasteiger partial charge is 0.145 e. The summed E-state index contributed by atoms with van der Waals surface area (Å²) in [6.07, 6.45) is 27.7. The first kappa shape index (κ1) is 19.3. The van der Waals surface area contributed by atoms with Gasteiger partial charge >= 0.3 is 0 Å². The van der Waals surface area contributed by atoms with Crippen LogP contribution in [0.4, 0.5) is 0 Å². The van der Waals surface area contributed by atoms with Crippen LogP contribution >= 0.6 is 0 Å². The van der Waals surface area contributed by atoms with Gasteiger partial charge in [0.15, 0.2) is 0 Å². The molecular weight excluding hydrogens is 268 g/mol. The van der Waals surface area contributed by atoms with E-state index < -0.39 is 0 Å². The Morgan fingerprint density at radius 2 is 1.14 bits per heavy atom. The summed E-state index contributed by atoms with van der Waals surface area (Å²) in [6, 6.07) is 0. The van der Waals surface area contributed by atoms with E-state index in [4.69, 9.17) is 4.74 Å². The SMILES string of the molecule is CCCCCCCCCCCC/C=C\CCCCC=C1CO1. The first-order valence-electron chi connectivity index (χ1n) is 9.90. The van der Waals surface area contributed by atoms with Crippen LogP contribution in [-0.2, 0) is 4.74 Å². The third-order valence-corrected chi connectivity index (χ3v) is 4.40. The van der Waals surface area contributed by atoms with Crippen molar-refractivity contribution in [2.24, 2.45) is 0 Å². The Balaban J connectivity index is 1.68. The fraction of sp³-hybridized carbons (Fsp3) is 0.810. The third kappa shape index (κ3) is 14.2. The van der Waals surface area contributed by atoms with Crippen molar-refractivity contribution in [3.63, 3.8) is 0 Å². The molecule has 128 valence electrons. The molecule has 1 saturated heterocycles. The molecule has 0 atom stereocenters. The molecule has 1 heteroatoms. The van der Waals surface area contributed by atoms with Crippen LogP contribution in [0.2, 0.25) is 0 Å². The molecule has 0 aromatic heterocycles. The largest absolute Gasteiger partial charge is 0.487 e. The van der Waals surface area contributed by atoms with Gasteiger partial charge in [-0.2, -0.15) is 0 Å². The van der Waals surface area contributed by atoms with E-state index >= 15 is 0 Å². The zero-order valence-electron chi connectivity index (χ0n) is 15.0. The molecule has 0 spiro atoms. The Bertz CT molecular complexity index is 284. The van der Waals surface area contributed by atoms with Crippen LogP contribution < -0.4 is 0 Å². The maximum Gasteiger partial charge on any atom is 0.145 e. The Labute approximate surface area is 139 Å². The summed E-state index contributed by atoms with van der Waals surface area (Å²) >= 11 is 0. The number of hydrogen-bond donors (Lipinski definition) is 0. The van der Waals surface area contributed by atoms with E-state index in [1.54, 1.807) is 0 Å². The molecule has 22 heavy (non-hydrogen) atoms. The van der Waals surface area contributed by atoms with E-state index in [1.807, 2.05) is 0 Å². The summed E-state index contributed by atoms with van der Waals surface area (Å²) in [6.45, 7) is 3.18. The molecule has 1 heterocycles. The van der Waals surface area contributed by atoms with Gasteiger partial charge in [0.05, 0.1) is 0 Å². The van der Waals surface area contributed by atoms with Crippen molar-refractivity contribution in [3.8, 4) is 0 Å². The van der Waals surface area contributed by atoms with Gasteiger partial charge in [0, 0.05) is 0 Å². The molecule has 0 amide bonds. The average molecular weight is 307 g/mol. The Kier molecular flexibility index (Phi) is 13.3. The van der Waals surface area contributed by atoms with Gasteiger partial charge in [0.2, 0.25) is 0 Å². The summed E-state index contributed by atoms with van der Waals surface area (Å²) in [5.41, 5.74) is 0. The summed E-state index contributed by atoms with van der Waals surface area (Å²) < 4.78 is 5.08. The molecular formula is C21H38O. The van der Waals surface area contributed by atoms with Crippen LogP contribution in [0.3, 0.4) is 0 Å². The minimum absolute atomic E-state index is 0.888. The molecule has 1 fully saturated rings. The molecule has 0 aromatic rings. The fourth-order valence-electron chi connectivity index (χ4n) is 2.81. The molecule has 1 nitrogen and oxygen atoms in total. The molecule has 1 rings (SSSR count). The first-order valence-corrected chi connectivity index (χ1v) is 9.90. The van der Waals surface area contributed by atoms with E-state index in [0.29, 0.717) is 0 Å². The van der Waals surface area contributed by atoms with Crippen molar-refractivity contribution in [2.45, 2.75) is 103 Å². The van der Waals surface area contributed by atoms with Gasteiger partial charge < -0.3 is 4.74 Å². The van der Waals surface area contributed by atoms with Gasteiger partial charge in [-0.3, -0.25) is 0 Å². The number of epoxide rings is 1. The zero-order valence-corrected chi connectivity index (χ0v) is 15.0. The van der Waals surface area contributed by atoms with Crippen molar-refractivity contribution in [3.05, 3.63) is 24.0 Å². The highest BCUT2D eigenvalue weighted by Crippen LogP contribution is 2.16. The second kappa shape index (κ2) is 15.2. The van der Waals surface area contributed by atoms with Crippen molar-refractivity contribution in [2.75, 3.05) is 6.61 Å². The molecule has 1 aliphatic rings. The highest BCUT2D eigenvalue weighted by Gasteiger charge is 2.10. The number of ether oxygens (including phenoxy) is 1. The van der Waals surface area contributed by atoms with Crippen LogP contribution in [0, 0.1) is 0 Å². The highest BCUT2D eigenvalue weighted by molar-refractivity contribution is 5.03. The predicted molar refractivity (Wildman–Crippen MR) is 98.1 cm³/mol. The van der Waals surface area contributed by atoms with Crippen LogP contribution in [0.5, 0.6) is 0 Å². The Morgan fingerprint density at radius 1 is 0.682 bits per heavy atom. The average Bonchev–Trinajstić information content (AvgIpc) is 3.34. The standard InChI is InChI=1S/C21H38O/c1-2-3-4-5-6-7-8-9-10-11-12-13-14-15-16-17-18-19-21-20-22-21/h13-14,19H,2-12,15-18,20H2,1H3/b14-13-,21-19?. The molecule has 0 unspecified atom stereocenters. The van der Waals surface area contributed by atoms with E-state index in [-0.39, 0.29) is 0 Å². The number of rotatable bonds is 16. The fourth-order valence-corrected chi connectivity index (χ4v) is 2.81. The van der Waals surface area contributed by atoms with Gasteiger partial charge in [-0.05, 0) is 44.6 Å². The Morgan fingerprint density at radius 3 is 1.68 bits per heavy atom. The number of unbranched alkanes of at least 4 members (excludes halogenated alkanes) is 13. The van der Waals surface area contributed by atoms with Crippen molar-refractivity contribution >= 4 is 0 Å². The maximum atomic E-state index is 5.08. The van der Waals surface area contributed by atoms with Crippen molar-refractivity contribution < 1.29 is 4.74 Å². The molecule has 0 aromatic carbocycles. The van der Waals surface area contributed by atoms with Crippen LogP contribution in [-0.4, -0.2) is 6.61 Å². The molecule has 0 radical (unpaired) electrons. The monoisotopic (exact) mass is 306 g/mol. The molecule has 1 aliphatic heterocycles. The lowest BCUT2D eigenvalue weighted by molar-refractivity contribution is 0.508. The Hall–Kier alpha value is -0.720. The van der Waals surface area contributed by atoms with Gasteiger partial charge in [-0.25, -0.2) is 0 Å². The summed E-state index contributed by atoms with van der Waals surface area (Å²) in [4.78, 5) is 0. The van der Waals surface area contributed by atoms with Gasteiger partial charge in [0.1, 0.15) is 12.4 Å². The van der Waals surface area contributed by atoms with Crippen molar-refractivity contribution in [1.29, 1.82) is 0 Å². The molecule has 0 saturated carbocycles. The topological polar surface area (TPSA) is 12.5 Å². The van der Waals surface area contributed by atoms with E-state index in [0.717, 1.165) is 6.61 Å². The number of allylic oxidation sites excluding steroid dienone is 3.